The van der Waals surface area contributed by atoms with Gasteiger partial charge in [-0.2, -0.15) is 0 Å². The lowest BCUT2D eigenvalue weighted by atomic mass is 10.2. The van der Waals surface area contributed by atoms with Crippen LogP contribution in [0.3, 0.4) is 0 Å². The maximum atomic E-state index is 11.9. The van der Waals surface area contributed by atoms with Gasteiger partial charge in [-0.1, -0.05) is 18.2 Å². The first kappa shape index (κ1) is 18.8. The molecule has 29 heavy (non-hydrogen) atoms. The second-order valence-corrected chi connectivity index (χ2v) is 6.52. The second kappa shape index (κ2) is 8.22. The zero-order valence-electron chi connectivity index (χ0n) is 16.3. The number of oxazole rings is 1. The van der Waals surface area contributed by atoms with E-state index >= 15 is 0 Å². The van der Waals surface area contributed by atoms with Crippen molar-refractivity contribution in [2.45, 2.75) is 20.3 Å². The lowest BCUT2D eigenvalue weighted by Crippen LogP contribution is -2.06. The summed E-state index contributed by atoms with van der Waals surface area (Å²) in [6.45, 7) is 4.55. The van der Waals surface area contributed by atoms with Crippen LogP contribution in [-0.2, 0) is 6.42 Å². The van der Waals surface area contributed by atoms with Crippen LogP contribution in [0.2, 0.25) is 0 Å². The first-order valence-corrected chi connectivity index (χ1v) is 9.49. The molecule has 0 spiro atoms. The van der Waals surface area contributed by atoms with E-state index in [-0.39, 0.29) is 5.75 Å². The highest BCUT2D eigenvalue weighted by molar-refractivity contribution is 5.79. The van der Waals surface area contributed by atoms with Crippen molar-refractivity contribution < 1.29 is 18.3 Å². The van der Waals surface area contributed by atoms with E-state index in [9.17, 15) is 4.79 Å². The van der Waals surface area contributed by atoms with Crippen molar-refractivity contribution in [3.63, 3.8) is 0 Å². The van der Waals surface area contributed by atoms with Gasteiger partial charge in [-0.3, -0.25) is 0 Å². The first-order chi connectivity index (χ1) is 14.1. The number of ether oxygens (including phenoxy) is 2. The Kier molecular flexibility index (Phi) is 5.33. The number of benzene rings is 2. The van der Waals surface area contributed by atoms with Gasteiger partial charge >= 0.3 is 5.63 Å². The van der Waals surface area contributed by atoms with Crippen LogP contribution < -0.4 is 15.1 Å². The molecule has 0 fully saturated rings. The zero-order chi connectivity index (χ0) is 20.2. The maximum Gasteiger partial charge on any atom is 0.379 e. The summed E-state index contributed by atoms with van der Waals surface area (Å²) in [5.74, 6) is 2.22. The third-order valence-corrected chi connectivity index (χ3v) is 4.50. The quantitative estimate of drug-likeness (QED) is 0.422. The predicted octanol–water partition coefficient (Wildman–Crippen LogP) is 4.78. The van der Waals surface area contributed by atoms with E-state index in [4.69, 9.17) is 18.3 Å². The van der Waals surface area contributed by atoms with E-state index in [0.717, 1.165) is 22.4 Å². The van der Waals surface area contributed by atoms with Crippen LogP contribution in [0, 0.1) is 6.92 Å². The lowest BCUT2D eigenvalue weighted by molar-refractivity contribution is 0.317. The number of hydrogen-bond acceptors (Lipinski definition) is 6. The molecule has 2 aromatic carbocycles. The van der Waals surface area contributed by atoms with Crippen LogP contribution in [0.15, 0.2) is 68.2 Å². The molecular weight excluding hydrogens is 370 g/mol. The predicted molar refractivity (Wildman–Crippen MR) is 110 cm³/mol. The van der Waals surface area contributed by atoms with Gasteiger partial charge < -0.3 is 18.3 Å². The number of fused-ring (bicyclic) bond motifs is 1. The molecule has 0 aliphatic heterocycles. The van der Waals surface area contributed by atoms with Gasteiger partial charge in [-0.15, -0.1) is 0 Å². The Morgan fingerprint density at radius 3 is 2.62 bits per heavy atom. The average Bonchev–Trinajstić information content (AvgIpc) is 3.10. The van der Waals surface area contributed by atoms with Crippen molar-refractivity contribution in [3.05, 3.63) is 76.5 Å². The normalized spacial score (nSPS) is 11.0. The molecule has 0 amide bonds. The third-order valence-electron chi connectivity index (χ3n) is 4.50. The Morgan fingerprint density at radius 2 is 1.83 bits per heavy atom. The molecule has 0 aliphatic carbocycles. The lowest BCUT2D eigenvalue weighted by Gasteiger charge is -2.07. The molecule has 2 aromatic heterocycles. The molecule has 0 bridgehead atoms. The van der Waals surface area contributed by atoms with Crippen LogP contribution in [0.4, 0.5) is 0 Å². The van der Waals surface area contributed by atoms with Crippen molar-refractivity contribution in [2.24, 2.45) is 0 Å². The smallest absolute Gasteiger partial charge is 0.379 e. The van der Waals surface area contributed by atoms with Crippen molar-refractivity contribution in [2.75, 3.05) is 13.2 Å². The van der Waals surface area contributed by atoms with Gasteiger partial charge in [0, 0.05) is 23.4 Å². The Morgan fingerprint density at radius 1 is 1.00 bits per heavy atom. The minimum atomic E-state index is -0.497. The third kappa shape index (κ3) is 4.16. The molecule has 0 aliphatic rings. The van der Waals surface area contributed by atoms with E-state index < -0.39 is 5.63 Å². The molecule has 0 atom stereocenters. The minimum absolute atomic E-state index is 0.212. The average molecular weight is 391 g/mol. The largest absolute Gasteiger partial charge is 0.493 e. The van der Waals surface area contributed by atoms with Gasteiger partial charge in [0.2, 0.25) is 11.6 Å². The van der Waals surface area contributed by atoms with Crippen LogP contribution in [0.25, 0.3) is 22.4 Å². The van der Waals surface area contributed by atoms with E-state index in [1.165, 1.54) is 0 Å². The Hall–Kier alpha value is -3.54. The number of aromatic nitrogens is 1. The summed E-state index contributed by atoms with van der Waals surface area (Å²) in [6, 6.07) is 16.8. The fourth-order valence-electron chi connectivity index (χ4n) is 3.05. The van der Waals surface area contributed by atoms with Crippen LogP contribution >= 0.6 is 0 Å². The topological polar surface area (TPSA) is 74.7 Å². The number of aryl methyl sites for hydroxylation is 1. The van der Waals surface area contributed by atoms with Crippen LogP contribution in [0.5, 0.6) is 11.5 Å². The molecule has 4 rings (SSSR count). The van der Waals surface area contributed by atoms with Gasteiger partial charge in [0.1, 0.15) is 17.1 Å². The summed E-state index contributed by atoms with van der Waals surface area (Å²) in [5.41, 5.74) is 1.76. The summed E-state index contributed by atoms with van der Waals surface area (Å²) >= 11 is 0. The molecule has 0 saturated heterocycles. The molecule has 148 valence electrons. The highest BCUT2D eigenvalue weighted by atomic mass is 16.5. The van der Waals surface area contributed by atoms with Crippen LogP contribution in [0.1, 0.15) is 18.4 Å². The van der Waals surface area contributed by atoms with Gasteiger partial charge in [0.15, 0.2) is 0 Å². The molecular formula is C23H21NO5. The molecule has 6 heteroatoms. The number of nitrogens with zero attached hydrogens (tertiary/aromatic N) is 1. The molecule has 0 unspecified atom stereocenters. The summed E-state index contributed by atoms with van der Waals surface area (Å²) < 4.78 is 22.2. The van der Waals surface area contributed by atoms with Gasteiger partial charge in [0.25, 0.3) is 0 Å². The van der Waals surface area contributed by atoms with Gasteiger partial charge in [0.05, 0.1) is 18.9 Å². The van der Waals surface area contributed by atoms with E-state index in [1.807, 2.05) is 56.3 Å². The summed E-state index contributed by atoms with van der Waals surface area (Å²) in [6.07, 6.45) is 0.605. The molecule has 4 aromatic rings. The molecule has 6 nitrogen and oxygen atoms in total. The van der Waals surface area contributed by atoms with Crippen molar-refractivity contribution in [1.82, 2.24) is 4.98 Å². The fraction of sp³-hybridized carbons (Fsp3) is 0.217. The van der Waals surface area contributed by atoms with E-state index in [1.54, 1.807) is 12.1 Å². The number of rotatable bonds is 7. The van der Waals surface area contributed by atoms with Gasteiger partial charge in [-0.25, -0.2) is 9.78 Å². The maximum absolute atomic E-state index is 11.9. The second-order valence-electron chi connectivity index (χ2n) is 6.52. The zero-order valence-corrected chi connectivity index (χ0v) is 16.3. The van der Waals surface area contributed by atoms with Crippen molar-refractivity contribution in [3.8, 4) is 23.0 Å². The monoisotopic (exact) mass is 391 g/mol. The molecule has 0 radical (unpaired) electrons. The first-order valence-electron chi connectivity index (χ1n) is 9.49. The molecule has 2 heterocycles. The summed E-state index contributed by atoms with van der Waals surface area (Å²) in [5, 5.41) is 0.778. The van der Waals surface area contributed by atoms with Crippen molar-refractivity contribution in [1.29, 1.82) is 0 Å². The number of hydrogen-bond donors (Lipinski definition) is 0. The van der Waals surface area contributed by atoms with E-state index in [0.29, 0.717) is 36.9 Å². The molecule has 0 N–H and O–H groups in total. The summed E-state index contributed by atoms with van der Waals surface area (Å²) in [4.78, 5) is 16.5. The van der Waals surface area contributed by atoms with E-state index in [2.05, 4.69) is 4.98 Å². The highest BCUT2D eigenvalue weighted by Gasteiger charge is 2.12. The fourth-order valence-corrected chi connectivity index (χ4v) is 3.05. The Balaban J connectivity index is 1.44. The Bertz CT molecular complexity index is 1180. The standard InChI is InChI=1S/C23H21NO5/c1-3-26-21-13-17-9-10-18(14-20(17)29-23(21)25)27-12-11-19-15(2)28-22(24-19)16-7-5-4-6-8-16/h4-10,13-14H,3,11-12H2,1-2H3. The van der Waals surface area contributed by atoms with Gasteiger partial charge in [-0.05, 0) is 44.2 Å². The highest BCUT2D eigenvalue weighted by Crippen LogP contribution is 2.24. The van der Waals surface area contributed by atoms with Crippen molar-refractivity contribution >= 4 is 11.0 Å². The molecule has 0 saturated carbocycles. The Labute approximate surface area is 167 Å². The summed E-state index contributed by atoms with van der Waals surface area (Å²) in [7, 11) is 0. The van der Waals surface area contributed by atoms with Crippen LogP contribution in [-0.4, -0.2) is 18.2 Å². The minimum Gasteiger partial charge on any atom is -0.493 e. The SMILES string of the molecule is CCOc1cc2ccc(OCCc3nc(-c4ccccc4)oc3C)cc2oc1=O.